The van der Waals surface area contributed by atoms with Crippen LogP contribution in [0.1, 0.15) is 149 Å². The van der Waals surface area contributed by atoms with Crippen LogP contribution in [0.5, 0.6) is 0 Å². The van der Waals surface area contributed by atoms with E-state index >= 15 is 0 Å². The Hall–Kier alpha value is -2.71. The van der Waals surface area contributed by atoms with E-state index in [4.69, 9.17) is 14.2 Å². The van der Waals surface area contributed by atoms with Crippen LogP contribution in [0.3, 0.4) is 0 Å². The standard InChI is InChI=1S/C42H73NO7/c1-6-8-10-12-14-15-16-17-18-19-20-21-22-23-24-25-27-29-31-33-41(45)50-38(36-48-35-34-39(42(46)47)43(3,4)5)37-49-40(44)32-30-28-26-13-11-9-7-2/h8,10,14-15,17-18,20-21,38-39H,6-7,9,11-13,16,19,22-37H2,1-5H3/p+1/b10-8-,15-14-,18-17-,21-20-. The minimum atomic E-state index is -0.880. The molecular formula is C42H74NO7+. The van der Waals surface area contributed by atoms with Gasteiger partial charge < -0.3 is 23.8 Å². The monoisotopic (exact) mass is 705 g/mol. The fourth-order valence-electron chi connectivity index (χ4n) is 5.43. The van der Waals surface area contributed by atoms with E-state index in [1.165, 1.54) is 38.5 Å². The van der Waals surface area contributed by atoms with Gasteiger partial charge in [-0.3, -0.25) is 9.59 Å². The van der Waals surface area contributed by atoms with Crippen molar-refractivity contribution in [3.05, 3.63) is 48.6 Å². The Morgan fingerprint density at radius 2 is 1.12 bits per heavy atom. The van der Waals surface area contributed by atoms with E-state index in [9.17, 15) is 19.5 Å². The summed E-state index contributed by atoms with van der Waals surface area (Å²) in [6.45, 7) is 4.55. The predicted octanol–water partition coefficient (Wildman–Crippen LogP) is 10.1. The predicted molar refractivity (Wildman–Crippen MR) is 206 cm³/mol. The quantitative estimate of drug-likeness (QED) is 0.0308. The number of carboxylic acids is 1. The van der Waals surface area contributed by atoms with Crippen LogP contribution in [0.15, 0.2) is 48.6 Å². The summed E-state index contributed by atoms with van der Waals surface area (Å²) in [5.41, 5.74) is 0. The van der Waals surface area contributed by atoms with Gasteiger partial charge in [-0.1, -0.05) is 127 Å². The molecule has 8 heteroatoms. The van der Waals surface area contributed by atoms with Gasteiger partial charge in [-0.05, 0) is 51.4 Å². The number of rotatable bonds is 34. The van der Waals surface area contributed by atoms with Gasteiger partial charge in [0.1, 0.15) is 6.61 Å². The number of hydrogen-bond acceptors (Lipinski definition) is 6. The molecule has 0 radical (unpaired) electrons. The van der Waals surface area contributed by atoms with Gasteiger partial charge in [0.2, 0.25) is 0 Å². The summed E-state index contributed by atoms with van der Waals surface area (Å²) in [5.74, 6) is -1.50. The summed E-state index contributed by atoms with van der Waals surface area (Å²) in [4.78, 5) is 36.7. The van der Waals surface area contributed by atoms with Gasteiger partial charge in [0.25, 0.3) is 0 Å². The largest absolute Gasteiger partial charge is 0.477 e. The Morgan fingerprint density at radius 1 is 0.620 bits per heavy atom. The van der Waals surface area contributed by atoms with Crippen LogP contribution in [0.25, 0.3) is 0 Å². The zero-order chi connectivity index (χ0) is 37.1. The van der Waals surface area contributed by atoms with Gasteiger partial charge in [-0.15, -0.1) is 0 Å². The summed E-state index contributed by atoms with van der Waals surface area (Å²) in [6.07, 6.45) is 37.4. The van der Waals surface area contributed by atoms with Gasteiger partial charge in [0.05, 0.1) is 34.4 Å². The molecule has 0 aromatic heterocycles. The van der Waals surface area contributed by atoms with Crippen LogP contribution >= 0.6 is 0 Å². The summed E-state index contributed by atoms with van der Waals surface area (Å²) >= 11 is 0. The van der Waals surface area contributed by atoms with Crippen LogP contribution < -0.4 is 0 Å². The fraction of sp³-hybridized carbons (Fsp3) is 0.738. The number of carbonyl (C=O) groups excluding carboxylic acids is 2. The molecule has 0 fully saturated rings. The lowest BCUT2D eigenvalue weighted by Gasteiger charge is -2.31. The van der Waals surface area contributed by atoms with Crippen molar-refractivity contribution in [1.29, 1.82) is 0 Å². The maximum absolute atomic E-state index is 12.6. The molecule has 0 spiro atoms. The molecule has 0 aromatic rings. The first-order valence-corrected chi connectivity index (χ1v) is 19.7. The molecule has 0 saturated carbocycles. The third-order valence-corrected chi connectivity index (χ3v) is 8.49. The number of carbonyl (C=O) groups is 3. The van der Waals surface area contributed by atoms with Crippen LogP contribution in [-0.4, -0.2) is 80.6 Å². The van der Waals surface area contributed by atoms with Crippen LogP contribution in [0, 0.1) is 0 Å². The number of ether oxygens (including phenoxy) is 3. The lowest BCUT2D eigenvalue weighted by Crippen LogP contribution is -2.50. The smallest absolute Gasteiger partial charge is 0.362 e. The highest BCUT2D eigenvalue weighted by molar-refractivity contribution is 5.72. The molecule has 2 unspecified atom stereocenters. The lowest BCUT2D eigenvalue weighted by molar-refractivity contribution is -0.887. The molecule has 50 heavy (non-hydrogen) atoms. The Bertz CT molecular complexity index is 964. The normalized spacial score (nSPS) is 13.5. The van der Waals surface area contributed by atoms with Gasteiger partial charge in [-0.25, -0.2) is 4.79 Å². The molecule has 0 aromatic carbocycles. The minimum absolute atomic E-state index is 0.0548. The molecule has 0 saturated heterocycles. The molecule has 288 valence electrons. The topological polar surface area (TPSA) is 99.1 Å². The fourth-order valence-corrected chi connectivity index (χ4v) is 5.43. The summed E-state index contributed by atoms with van der Waals surface area (Å²) < 4.78 is 17.1. The highest BCUT2D eigenvalue weighted by Gasteiger charge is 2.31. The van der Waals surface area contributed by atoms with Crippen molar-refractivity contribution in [3.63, 3.8) is 0 Å². The zero-order valence-corrected chi connectivity index (χ0v) is 32.6. The molecular weight excluding hydrogens is 630 g/mol. The van der Waals surface area contributed by atoms with E-state index in [0.717, 1.165) is 77.0 Å². The van der Waals surface area contributed by atoms with Crippen molar-refractivity contribution < 1.29 is 38.2 Å². The number of carboxylic acid groups (broad SMARTS) is 1. The highest BCUT2D eigenvalue weighted by atomic mass is 16.6. The average Bonchev–Trinajstić information content (AvgIpc) is 3.06. The van der Waals surface area contributed by atoms with Crippen molar-refractivity contribution in [3.8, 4) is 0 Å². The van der Waals surface area contributed by atoms with Crippen molar-refractivity contribution >= 4 is 17.9 Å². The lowest BCUT2D eigenvalue weighted by atomic mass is 10.1. The number of aliphatic carboxylic acids is 1. The molecule has 0 bridgehead atoms. The van der Waals surface area contributed by atoms with Crippen LogP contribution in [-0.2, 0) is 28.6 Å². The van der Waals surface area contributed by atoms with E-state index in [-0.39, 0.29) is 36.2 Å². The van der Waals surface area contributed by atoms with E-state index in [1.807, 2.05) is 21.1 Å². The third kappa shape index (κ3) is 31.3. The van der Waals surface area contributed by atoms with Crippen LogP contribution in [0.4, 0.5) is 0 Å². The maximum Gasteiger partial charge on any atom is 0.362 e. The van der Waals surface area contributed by atoms with Crippen molar-refractivity contribution in [2.45, 2.75) is 161 Å². The minimum Gasteiger partial charge on any atom is -0.477 e. The summed E-state index contributed by atoms with van der Waals surface area (Å²) in [7, 11) is 5.50. The molecule has 0 amide bonds. The number of quaternary nitrogens is 1. The first-order valence-electron chi connectivity index (χ1n) is 19.7. The van der Waals surface area contributed by atoms with Crippen LogP contribution in [0.2, 0.25) is 0 Å². The Labute approximate surface area is 306 Å². The molecule has 0 rings (SSSR count). The number of likely N-dealkylation sites (N-methyl/N-ethyl adjacent to an activating group) is 1. The zero-order valence-electron chi connectivity index (χ0n) is 32.6. The molecule has 0 heterocycles. The van der Waals surface area contributed by atoms with E-state index in [2.05, 4.69) is 62.5 Å². The van der Waals surface area contributed by atoms with Gasteiger partial charge in [-0.2, -0.15) is 0 Å². The Morgan fingerprint density at radius 3 is 1.66 bits per heavy atom. The highest BCUT2D eigenvalue weighted by Crippen LogP contribution is 2.13. The molecule has 0 aliphatic rings. The molecule has 8 nitrogen and oxygen atoms in total. The van der Waals surface area contributed by atoms with Crippen molar-refractivity contribution in [2.75, 3.05) is 41.0 Å². The number of nitrogens with zero attached hydrogens (tertiary/aromatic N) is 1. The van der Waals surface area contributed by atoms with Gasteiger partial charge in [0, 0.05) is 19.3 Å². The number of unbranched alkanes of at least 4 members (excludes halogenated alkanes) is 12. The number of allylic oxidation sites excluding steroid dienone is 8. The van der Waals surface area contributed by atoms with E-state index in [0.29, 0.717) is 19.3 Å². The number of hydrogen-bond donors (Lipinski definition) is 1. The molecule has 0 aliphatic carbocycles. The van der Waals surface area contributed by atoms with Crippen molar-refractivity contribution in [1.82, 2.24) is 0 Å². The van der Waals surface area contributed by atoms with E-state index < -0.39 is 18.1 Å². The second-order valence-corrected chi connectivity index (χ2v) is 14.2. The molecule has 2 atom stereocenters. The summed E-state index contributed by atoms with van der Waals surface area (Å²) in [6, 6.07) is -0.615. The van der Waals surface area contributed by atoms with Gasteiger partial charge >= 0.3 is 17.9 Å². The second-order valence-electron chi connectivity index (χ2n) is 14.2. The Kier molecular flexibility index (Phi) is 31.6. The first kappa shape index (κ1) is 47.3. The van der Waals surface area contributed by atoms with E-state index in [1.54, 1.807) is 0 Å². The summed E-state index contributed by atoms with van der Waals surface area (Å²) in [5, 5.41) is 9.57. The second kappa shape index (κ2) is 33.4. The maximum atomic E-state index is 12.6. The average molecular weight is 705 g/mol. The number of esters is 2. The first-order chi connectivity index (χ1) is 24.1. The van der Waals surface area contributed by atoms with Crippen molar-refractivity contribution in [2.24, 2.45) is 0 Å². The Balaban J connectivity index is 4.34. The molecule has 0 aliphatic heterocycles. The SMILES string of the molecule is CC/C=C\C/C=C\C/C=C\C/C=C\CCCCCCCCC(=O)OC(COCCC(C(=O)O)[N+](C)(C)C)COC(=O)CCCCCCCCC. The van der Waals surface area contributed by atoms with Gasteiger partial charge in [0.15, 0.2) is 12.1 Å². The molecule has 1 N–H and O–H groups in total. The third-order valence-electron chi connectivity index (χ3n) is 8.49.